The molecule has 0 amide bonds. The number of benzene rings is 1. The summed E-state index contributed by atoms with van der Waals surface area (Å²) >= 11 is 0. The van der Waals surface area contributed by atoms with Gasteiger partial charge in [-0.3, -0.25) is 4.79 Å². The number of esters is 1. The second kappa shape index (κ2) is 7.37. The molecule has 1 aromatic carbocycles. The van der Waals surface area contributed by atoms with Crippen molar-refractivity contribution >= 4 is 22.0 Å². The van der Waals surface area contributed by atoms with Gasteiger partial charge in [-0.2, -0.15) is 4.72 Å². The van der Waals surface area contributed by atoms with Gasteiger partial charge in [-0.05, 0) is 31.0 Å². The Morgan fingerprint density at radius 2 is 2.00 bits per heavy atom. The summed E-state index contributed by atoms with van der Waals surface area (Å²) in [4.78, 5) is 22.5. The first-order chi connectivity index (χ1) is 10.2. The average molecular weight is 329 g/mol. The van der Waals surface area contributed by atoms with Gasteiger partial charge in [-0.25, -0.2) is 13.2 Å². The number of rotatable bonds is 7. The zero-order chi connectivity index (χ0) is 16.9. The van der Waals surface area contributed by atoms with Crippen LogP contribution >= 0.6 is 0 Å². The van der Waals surface area contributed by atoms with Crippen molar-refractivity contribution in [3.8, 4) is 0 Å². The van der Waals surface area contributed by atoms with E-state index in [1.54, 1.807) is 13.8 Å². The molecule has 0 spiro atoms. The van der Waals surface area contributed by atoms with Crippen molar-refractivity contribution in [2.24, 2.45) is 0 Å². The molecule has 0 aliphatic carbocycles. The summed E-state index contributed by atoms with van der Waals surface area (Å²) in [6.07, 6.45) is 0.685. The predicted molar refractivity (Wildman–Crippen MR) is 79.2 cm³/mol. The highest BCUT2D eigenvalue weighted by molar-refractivity contribution is 7.89. The average Bonchev–Trinajstić information content (AvgIpc) is 2.46. The fraction of sp³-hybridized carbons (Fsp3) is 0.429. The molecule has 122 valence electrons. The van der Waals surface area contributed by atoms with E-state index in [-0.39, 0.29) is 16.9 Å². The Hall–Kier alpha value is -1.93. The second-order valence-corrected chi connectivity index (χ2v) is 6.46. The fourth-order valence-electron chi connectivity index (χ4n) is 1.91. The lowest BCUT2D eigenvalue weighted by Crippen LogP contribution is -2.40. The van der Waals surface area contributed by atoms with Crippen LogP contribution in [-0.2, 0) is 19.6 Å². The van der Waals surface area contributed by atoms with Gasteiger partial charge < -0.3 is 9.84 Å². The third-order valence-electron chi connectivity index (χ3n) is 3.07. The molecule has 7 nitrogen and oxygen atoms in total. The van der Waals surface area contributed by atoms with Gasteiger partial charge in [0.05, 0.1) is 17.6 Å². The first-order valence-corrected chi connectivity index (χ1v) is 8.15. The van der Waals surface area contributed by atoms with E-state index < -0.39 is 28.0 Å². The number of carboxylic acids is 1. The van der Waals surface area contributed by atoms with Gasteiger partial charge in [0, 0.05) is 0 Å². The minimum absolute atomic E-state index is 0.0795. The summed E-state index contributed by atoms with van der Waals surface area (Å²) in [6.45, 7) is 3.32. The van der Waals surface area contributed by atoms with Crippen LogP contribution in [0.25, 0.3) is 0 Å². The van der Waals surface area contributed by atoms with Crippen LogP contribution in [0, 0.1) is 6.92 Å². The third-order valence-corrected chi connectivity index (χ3v) is 4.69. The summed E-state index contributed by atoms with van der Waals surface area (Å²) in [5.41, 5.74) is 0.483. The van der Waals surface area contributed by atoms with Crippen LogP contribution in [0.5, 0.6) is 0 Å². The van der Waals surface area contributed by atoms with Crippen LogP contribution < -0.4 is 4.72 Å². The molecule has 1 atom stereocenters. The van der Waals surface area contributed by atoms with Crippen molar-refractivity contribution in [3.63, 3.8) is 0 Å². The van der Waals surface area contributed by atoms with Gasteiger partial charge in [0.2, 0.25) is 10.0 Å². The monoisotopic (exact) mass is 329 g/mol. The van der Waals surface area contributed by atoms with E-state index in [0.29, 0.717) is 12.0 Å². The number of carbonyl (C=O) groups is 2. The molecule has 0 bridgehead atoms. The molecule has 0 radical (unpaired) electrons. The number of carbonyl (C=O) groups excluding carboxylic acids is 1. The van der Waals surface area contributed by atoms with E-state index in [1.807, 2.05) is 0 Å². The molecular weight excluding hydrogens is 310 g/mol. The van der Waals surface area contributed by atoms with Crippen LogP contribution in [-0.4, -0.2) is 38.6 Å². The summed E-state index contributed by atoms with van der Waals surface area (Å²) in [5, 5.41) is 9.06. The number of methoxy groups -OCH3 is 1. The van der Waals surface area contributed by atoms with E-state index in [2.05, 4.69) is 9.46 Å². The molecule has 0 saturated carbocycles. The number of nitrogens with one attached hydrogen (secondary N) is 1. The highest BCUT2D eigenvalue weighted by atomic mass is 32.2. The van der Waals surface area contributed by atoms with E-state index in [0.717, 1.165) is 0 Å². The molecule has 0 heterocycles. The summed E-state index contributed by atoms with van der Waals surface area (Å²) in [5.74, 6) is -1.91. The number of aliphatic carboxylic acids is 1. The Morgan fingerprint density at radius 3 is 2.50 bits per heavy atom. The third kappa shape index (κ3) is 4.28. The Morgan fingerprint density at radius 1 is 1.36 bits per heavy atom. The summed E-state index contributed by atoms with van der Waals surface area (Å²) in [7, 11) is -2.87. The molecule has 0 fully saturated rings. The molecule has 22 heavy (non-hydrogen) atoms. The molecule has 8 heteroatoms. The predicted octanol–water partition coefficient (Wildman–Crippen LogP) is 1.31. The Bertz CT molecular complexity index is 668. The largest absolute Gasteiger partial charge is 0.480 e. The standard InChI is InChI=1S/C14H19NO6S/c1-4-5-11(13(16)17)15-22(19,20)12-8-10(14(18)21-3)7-6-9(12)2/h6-8,11,15H,4-5H2,1-3H3,(H,16,17). The van der Waals surface area contributed by atoms with Gasteiger partial charge >= 0.3 is 11.9 Å². The lowest BCUT2D eigenvalue weighted by atomic mass is 10.1. The quantitative estimate of drug-likeness (QED) is 0.730. The number of aryl methyl sites for hydroxylation is 1. The summed E-state index contributed by atoms with van der Waals surface area (Å²) < 4.78 is 31.5. The molecule has 0 aliphatic heterocycles. The molecular formula is C14H19NO6S. The maximum absolute atomic E-state index is 12.4. The Labute approximate surface area is 129 Å². The lowest BCUT2D eigenvalue weighted by molar-refractivity contribution is -0.139. The van der Waals surface area contributed by atoms with Gasteiger partial charge in [0.25, 0.3) is 0 Å². The van der Waals surface area contributed by atoms with E-state index in [1.165, 1.54) is 25.3 Å². The van der Waals surface area contributed by atoms with Crippen LogP contribution in [0.3, 0.4) is 0 Å². The number of hydrogen-bond donors (Lipinski definition) is 2. The number of carboxylic acid groups (broad SMARTS) is 1. The maximum Gasteiger partial charge on any atom is 0.337 e. The van der Waals surface area contributed by atoms with Gasteiger partial charge in [-0.15, -0.1) is 0 Å². The minimum atomic E-state index is -4.06. The molecule has 1 aromatic rings. The van der Waals surface area contributed by atoms with Crippen LogP contribution in [0.4, 0.5) is 0 Å². The van der Waals surface area contributed by atoms with Crippen molar-refractivity contribution < 1.29 is 27.9 Å². The molecule has 1 unspecified atom stereocenters. The van der Waals surface area contributed by atoms with Gasteiger partial charge in [-0.1, -0.05) is 19.4 Å². The number of ether oxygens (including phenoxy) is 1. The number of hydrogen-bond acceptors (Lipinski definition) is 5. The molecule has 0 aliphatic rings. The highest BCUT2D eigenvalue weighted by Crippen LogP contribution is 2.18. The lowest BCUT2D eigenvalue weighted by Gasteiger charge is -2.15. The summed E-state index contributed by atoms with van der Waals surface area (Å²) in [6, 6.07) is 2.88. The van der Waals surface area contributed by atoms with Crippen molar-refractivity contribution in [2.75, 3.05) is 7.11 Å². The van der Waals surface area contributed by atoms with Crippen molar-refractivity contribution in [1.29, 1.82) is 0 Å². The second-order valence-electron chi connectivity index (χ2n) is 4.77. The molecule has 0 aromatic heterocycles. The topological polar surface area (TPSA) is 110 Å². The zero-order valence-corrected chi connectivity index (χ0v) is 13.4. The fourth-order valence-corrected chi connectivity index (χ4v) is 3.40. The van der Waals surface area contributed by atoms with E-state index in [9.17, 15) is 18.0 Å². The van der Waals surface area contributed by atoms with Crippen LogP contribution in [0.15, 0.2) is 23.1 Å². The van der Waals surface area contributed by atoms with E-state index in [4.69, 9.17) is 5.11 Å². The minimum Gasteiger partial charge on any atom is -0.480 e. The Balaban J connectivity index is 3.21. The zero-order valence-electron chi connectivity index (χ0n) is 12.6. The van der Waals surface area contributed by atoms with Crippen LogP contribution in [0.1, 0.15) is 35.7 Å². The highest BCUT2D eigenvalue weighted by Gasteiger charge is 2.26. The van der Waals surface area contributed by atoms with Crippen molar-refractivity contribution in [2.45, 2.75) is 37.6 Å². The van der Waals surface area contributed by atoms with Crippen LogP contribution in [0.2, 0.25) is 0 Å². The maximum atomic E-state index is 12.4. The van der Waals surface area contributed by atoms with E-state index >= 15 is 0 Å². The normalized spacial score (nSPS) is 12.7. The first-order valence-electron chi connectivity index (χ1n) is 6.67. The molecule has 2 N–H and O–H groups in total. The first kappa shape index (κ1) is 18.1. The van der Waals surface area contributed by atoms with Gasteiger partial charge in [0.15, 0.2) is 0 Å². The van der Waals surface area contributed by atoms with Crippen molar-refractivity contribution in [3.05, 3.63) is 29.3 Å². The Kier molecular flexibility index (Phi) is 6.07. The SMILES string of the molecule is CCCC(NS(=O)(=O)c1cc(C(=O)OC)ccc1C)C(=O)O. The smallest absolute Gasteiger partial charge is 0.337 e. The van der Waals surface area contributed by atoms with Crippen molar-refractivity contribution in [1.82, 2.24) is 4.72 Å². The molecule has 0 saturated heterocycles. The molecule has 1 rings (SSSR count). The number of sulfonamides is 1. The van der Waals surface area contributed by atoms with Gasteiger partial charge in [0.1, 0.15) is 6.04 Å².